The average Bonchev–Trinajstić information content (AvgIpc) is 0.911. The molecule has 4 aliphatic heterocycles. The van der Waals surface area contributed by atoms with Crippen molar-refractivity contribution in [3.8, 4) is 5.75 Å². The fourth-order valence-electron chi connectivity index (χ4n) is 12.7. The van der Waals surface area contributed by atoms with E-state index in [0.717, 1.165) is 12.1 Å². The minimum absolute atomic E-state index is 0. The molecule has 4 aliphatic rings. The van der Waals surface area contributed by atoms with Crippen molar-refractivity contribution in [1.82, 2.24) is 10.2 Å². The van der Waals surface area contributed by atoms with E-state index in [-0.39, 0.29) is 70.0 Å². The first-order valence-electron chi connectivity index (χ1n) is 31.9. The quantitative estimate of drug-likeness (QED) is 0.0393. The number of aliphatic hydroxyl groups excluding tert-OH is 2. The van der Waals surface area contributed by atoms with E-state index in [4.69, 9.17) is 66.8 Å². The third kappa shape index (κ3) is 23.7. The van der Waals surface area contributed by atoms with Crippen LogP contribution in [-0.2, 0) is 86.0 Å². The van der Waals surface area contributed by atoms with Gasteiger partial charge in [0.1, 0.15) is 54.4 Å². The number of amides is 1. The number of nitrogens with zero attached hydrogens (tertiary/aromatic N) is 2. The molecule has 0 aromatic heterocycles. The Morgan fingerprint density at radius 3 is 2.07 bits per heavy atom. The second kappa shape index (κ2) is 36.8. The number of hydrogen-bond acceptors (Lipinski definition) is 24. The summed E-state index contributed by atoms with van der Waals surface area (Å²) >= 11 is 0. The highest BCUT2D eigenvalue weighted by atomic mass is 32.2. The number of Topliss-reactive ketones (excluding diaryl/α,β-unsaturated/α-hetero) is 1. The minimum Gasteiger partial charge on any atom is -0.483 e. The fraction of sp³-hybridized carbons (Fsp3) is 0.815. The van der Waals surface area contributed by atoms with Gasteiger partial charge in [0.05, 0.1) is 60.4 Å². The molecule has 5 rings (SSSR count). The molecule has 1 aromatic rings. The number of methoxy groups -OCH3 is 2. The van der Waals surface area contributed by atoms with Crippen molar-refractivity contribution in [2.24, 2.45) is 46.6 Å². The van der Waals surface area contributed by atoms with Crippen LogP contribution in [0.25, 0.3) is 0 Å². The van der Waals surface area contributed by atoms with Gasteiger partial charge in [-0.25, -0.2) is 13.2 Å². The maximum Gasteiger partial charge on any atom is 0.573 e. The summed E-state index contributed by atoms with van der Waals surface area (Å²) in [4.78, 5) is 75.4. The summed E-state index contributed by atoms with van der Waals surface area (Å²) in [5.41, 5.74) is -3.52. The number of sulfone groups is 1. The average molecular weight is 1390 g/mol. The molecule has 4 saturated heterocycles. The van der Waals surface area contributed by atoms with Crippen LogP contribution in [0.2, 0.25) is 0 Å². The summed E-state index contributed by atoms with van der Waals surface area (Å²) in [6, 6.07) is 4.20. The summed E-state index contributed by atoms with van der Waals surface area (Å²) in [5.74, 6) is -10.5. The van der Waals surface area contributed by atoms with Crippen LogP contribution in [0.3, 0.4) is 0 Å². The van der Waals surface area contributed by atoms with Crippen LogP contribution in [0.4, 0.5) is 18.0 Å². The van der Waals surface area contributed by atoms with Crippen molar-refractivity contribution in [2.75, 3.05) is 47.3 Å². The number of esters is 2. The Bertz CT molecular complexity index is 2750. The monoisotopic (exact) mass is 1390 g/mol. The molecule has 1 aromatic carbocycles. The van der Waals surface area contributed by atoms with Gasteiger partial charge in [-0.2, -0.15) is 0 Å². The number of oxime groups is 1. The Labute approximate surface area is 558 Å². The number of carbonyl (C=O) groups excluding carboxylic acids is 4. The molecule has 1 unspecified atom stereocenters. The van der Waals surface area contributed by atoms with Gasteiger partial charge in [-0.15, -0.1) is 13.2 Å². The molecule has 0 radical (unpaired) electrons. The third-order valence-electron chi connectivity index (χ3n) is 17.8. The van der Waals surface area contributed by atoms with Crippen LogP contribution < -0.4 is 10.1 Å². The number of alkyl halides is 3. The summed E-state index contributed by atoms with van der Waals surface area (Å²) in [6.07, 6.45) is -21.4. The lowest BCUT2D eigenvalue weighted by Crippen LogP contribution is -2.59. The van der Waals surface area contributed by atoms with E-state index < -0.39 is 183 Å². The minimum atomic E-state index is -5.21. The topological polar surface area (TPSA) is 328 Å². The first-order chi connectivity index (χ1) is 43.7. The molecular formula is C65H108F3N3O23S. The fourth-order valence-corrected chi connectivity index (χ4v) is 14.4. The second-order valence-electron chi connectivity index (χ2n) is 26.8. The zero-order chi connectivity index (χ0) is 71.1. The van der Waals surface area contributed by atoms with Crippen LogP contribution in [-0.4, -0.2) is 221 Å². The van der Waals surface area contributed by atoms with E-state index in [2.05, 4.69) is 20.1 Å². The molecule has 30 heteroatoms. The van der Waals surface area contributed by atoms with Gasteiger partial charge < -0.3 is 87.2 Å². The number of halogens is 3. The SMILES string of the molecule is C.CO/N=C1\C[C@@H](C)O[C@@H](O[C@@H]2[C@@H](C)[C@H](O[C@H]3CC(C)N(C)C[C@H](C)O3)[C@@H](C)C(=O)O[C@H]([C@@H](C)CO[C@@H]3O[C@H](C)[C@@H](O)[C@@H](OC)[C@H]3OC)[C@H](C)[C@@H](OC(=O)CC(C)C)[C@@H](C)C(=O)[C@@](C)(OC(=O)NC(C)(C)CCS(=O)(=O)c3ccccc3OC(F)(F)F)C[C@@H]2C)[C@@H]1O.O=CO. The van der Waals surface area contributed by atoms with Crippen LogP contribution in [0.15, 0.2) is 34.3 Å². The van der Waals surface area contributed by atoms with E-state index in [0.29, 0.717) is 13.0 Å². The summed E-state index contributed by atoms with van der Waals surface area (Å²) < 4.78 is 142. The molecule has 548 valence electrons. The van der Waals surface area contributed by atoms with Gasteiger partial charge in [0.15, 0.2) is 40.1 Å². The van der Waals surface area contributed by atoms with Crippen molar-refractivity contribution >= 4 is 45.8 Å². The van der Waals surface area contributed by atoms with Gasteiger partial charge in [-0.05, 0) is 99.2 Å². The number of carboxylic acid groups (broad SMARTS) is 1. The predicted molar refractivity (Wildman–Crippen MR) is 339 cm³/mol. The van der Waals surface area contributed by atoms with Gasteiger partial charge in [-0.3, -0.25) is 19.2 Å². The molecule has 22 atom stereocenters. The van der Waals surface area contributed by atoms with Gasteiger partial charge in [-0.1, -0.05) is 73.2 Å². The first kappa shape index (κ1) is 84.4. The molecular weight excluding hydrogens is 1280 g/mol. The Hall–Kier alpha value is -4.86. The van der Waals surface area contributed by atoms with E-state index in [1.807, 2.05) is 20.9 Å². The van der Waals surface area contributed by atoms with E-state index in [1.165, 1.54) is 61.2 Å². The summed E-state index contributed by atoms with van der Waals surface area (Å²) in [5, 5.41) is 36.5. The molecule has 26 nitrogen and oxygen atoms in total. The smallest absolute Gasteiger partial charge is 0.483 e. The van der Waals surface area contributed by atoms with E-state index in [1.54, 1.807) is 62.3 Å². The number of rotatable bonds is 21. The van der Waals surface area contributed by atoms with Gasteiger partial charge in [0.25, 0.3) is 6.47 Å². The van der Waals surface area contributed by atoms with E-state index in [9.17, 15) is 41.4 Å². The Morgan fingerprint density at radius 1 is 0.863 bits per heavy atom. The lowest BCUT2D eigenvalue weighted by atomic mass is 9.74. The molecule has 4 fully saturated rings. The molecule has 0 spiro atoms. The number of nitrogens with one attached hydrogen (secondary N) is 1. The Morgan fingerprint density at radius 2 is 1.48 bits per heavy atom. The molecule has 4 heterocycles. The standard InChI is InChI=1S/C63H102F3N3O21S.CH2O2.CH4/c1-32(2)26-46(70)85-52-39(9)51(34(4)31-81-59-55(79-18)54(78-17)48(71)42(12)84-59)87-57(74)41(11)53(86-47-27-35(5)69(16)30-37(7)82-47)38(8)50(88-58-49(72)43(68-80-19)28-36(6)83-58)33(3)29-62(15,56(73)40(52)10)90-60(75)67-61(13,14)24-25-91(76,77)45-23-21-20-22-44(45)89-63(64,65)66;2-1-3;/h20-23,32-42,47-55,58-59,71-72H,24-31H2,1-19H3,(H,67,75);1H,(H,2,3);1H4/b68-43+;;/t33-,34-,35?,36+,37-,38+,39-,40+,41+,42+,47-,48+,49+,50-,51+,52+,53-,54+,55+,58-,59+,62-;;/m0../s1. The molecule has 0 bridgehead atoms. The molecule has 4 N–H and O–H groups in total. The number of aliphatic hydroxyl groups is 2. The maximum absolute atomic E-state index is 16.1. The number of para-hydroxylation sites is 1. The van der Waals surface area contributed by atoms with Gasteiger partial charge in [0, 0.05) is 69.4 Å². The Kier molecular flexibility index (Phi) is 32.7. The second-order valence-corrected chi connectivity index (χ2v) is 28.9. The number of hydrogen-bond donors (Lipinski definition) is 4. The number of benzene rings is 1. The normalized spacial score (nSPS) is 35.0. The number of ether oxygens (including phenoxy) is 12. The van der Waals surface area contributed by atoms with Crippen molar-refractivity contribution < 1.29 is 123 Å². The van der Waals surface area contributed by atoms with Crippen molar-refractivity contribution in [2.45, 2.75) is 258 Å². The molecule has 0 aliphatic carbocycles. The maximum atomic E-state index is 16.1. The lowest BCUT2D eigenvalue weighted by molar-refractivity contribution is -0.305. The molecule has 95 heavy (non-hydrogen) atoms. The van der Waals surface area contributed by atoms with E-state index >= 15 is 9.59 Å². The van der Waals surface area contributed by atoms with Crippen molar-refractivity contribution in [3.05, 3.63) is 24.3 Å². The molecule has 1 amide bonds. The summed E-state index contributed by atoms with van der Waals surface area (Å²) in [7, 11) is 1.61. The zero-order valence-corrected chi connectivity index (χ0v) is 58.5. The van der Waals surface area contributed by atoms with Crippen LogP contribution in [0.1, 0.15) is 143 Å². The number of alkyl carbamates (subject to hydrolysis) is 1. The van der Waals surface area contributed by atoms with Crippen LogP contribution >= 0.6 is 0 Å². The van der Waals surface area contributed by atoms with Crippen molar-refractivity contribution in [1.29, 1.82) is 0 Å². The summed E-state index contributed by atoms with van der Waals surface area (Å²) in [6.45, 7) is 25.3. The van der Waals surface area contributed by atoms with Crippen LogP contribution in [0, 0.1) is 41.4 Å². The Balaban J connectivity index is 0.00000576. The number of cyclic esters (lactones) is 1. The largest absolute Gasteiger partial charge is 0.573 e. The highest BCUT2D eigenvalue weighted by Gasteiger charge is 2.53. The third-order valence-corrected chi connectivity index (χ3v) is 19.5. The zero-order valence-electron chi connectivity index (χ0n) is 57.7. The molecule has 0 saturated carbocycles. The number of likely N-dealkylation sites (N-methyl/N-ethyl adjacent to an activating group) is 1. The number of carbonyl (C=O) groups is 5. The lowest BCUT2D eigenvalue weighted by Gasteiger charge is -2.45. The highest BCUT2D eigenvalue weighted by Crippen LogP contribution is 2.41. The predicted octanol–water partition coefficient (Wildman–Crippen LogP) is 7.88. The van der Waals surface area contributed by atoms with Crippen molar-refractivity contribution in [3.63, 3.8) is 0 Å². The first-order valence-corrected chi connectivity index (χ1v) is 33.6. The van der Waals surface area contributed by atoms with Gasteiger partial charge >= 0.3 is 24.4 Å². The van der Waals surface area contributed by atoms with Gasteiger partial charge in [0.2, 0.25) is 0 Å². The highest BCUT2D eigenvalue weighted by molar-refractivity contribution is 7.91. The van der Waals surface area contributed by atoms with Crippen LogP contribution in [0.5, 0.6) is 5.75 Å². The number of ketones is 1.